The van der Waals surface area contributed by atoms with E-state index in [1.807, 2.05) is 0 Å². The summed E-state index contributed by atoms with van der Waals surface area (Å²) in [5, 5.41) is 10.1. The zero-order valence-corrected chi connectivity index (χ0v) is 12.8. The normalized spacial score (nSPS) is 12.4. The smallest absolute Gasteiger partial charge is 0.293 e. The highest BCUT2D eigenvalue weighted by atomic mass is 32.2. The molecule has 2 aromatic rings. The Bertz CT molecular complexity index is 803. The molecular weight excluding hydrogens is 299 g/mol. The van der Waals surface area contributed by atoms with Crippen molar-refractivity contribution in [3.8, 4) is 11.5 Å². The Morgan fingerprint density at radius 2 is 2.05 bits per heavy atom. The Kier molecular flexibility index (Phi) is 3.91. The van der Waals surface area contributed by atoms with E-state index in [-0.39, 0.29) is 22.3 Å². The molecule has 1 atom stereocenters. The molecule has 1 unspecified atom stereocenters. The van der Waals surface area contributed by atoms with Crippen molar-refractivity contribution >= 4 is 27.6 Å². The summed E-state index contributed by atoms with van der Waals surface area (Å²) in [5.74, 6) is -1.17. The van der Waals surface area contributed by atoms with Crippen LogP contribution in [0.5, 0.6) is 11.5 Å². The van der Waals surface area contributed by atoms with Crippen molar-refractivity contribution in [3.63, 3.8) is 0 Å². The summed E-state index contributed by atoms with van der Waals surface area (Å²) in [4.78, 5) is 11.9. The highest BCUT2D eigenvalue weighted by Crippen LogP contribution is 2.36. The van der Waals surface area contributed by atoms with Gasteiger partial charge in [0, 0.05) is 31.8 Å². The van der Waals surface area contributed by atoms with Gasteiger partial charge in [-0.05, 0) is 6.07 Å². The van der Waals surface area contributed by atoms with Crippen LogP contribution in [0.25, 0.3) is 10.9 Å². The van der Waals surface area contributed by atoms with Crippen molar-refractivity contribution < 1.29 is 18.4 Å². The SMILES string of the molecule is COc1cc2c(F)c(N(C)S(C)=O)c(O)cc2n(C)c1=O. The Morgan fingerprint density at radius 1 is 1.43 bits per heavy atom. The van der Waals surface area contributed by atoms with E-state index >= 15 is 0 Å². The molecule has 1 aromatic carbocycles. The summed E-state index contributed by atoms with van der Waals surface area (Å²) < 4.78 is 33.4. The van der Waals surface area contributed by atoms with E-state index in [1.54, 1.807) is 0 Å². The summed E-state index contributed by atoms with van der Waals surface area (Å²) in [7, 11) is 2.66. The number of fused-ring (bicyclic) bond motifs is 1. The van der Waals surface area contributed by atoms with E-state index in [9.17, 15) is 18.5 Å². The molecule has 1 aromatic heterocycles. The number of methoxy groups -OCH3 is 1. The minimum Gasteiger partial charge on any atom is -0.506 e. The summed E-state index contributed by atoms with van der Waals surface area (Å²) in [6.07, 6.45) is 1.37. The number of phenols is 1. The zero-order valence-electron chi connectivity index (χ0n) is 12.0. The lowest BCUT2D eigenvalue weighted by molar-refractivity contribution is 0.406. The van der Waals surface area contributed by atoms with Gasteiger partial charge < -0.3 is 14.4 Å². The molecule has 0 amide bonds. The van der Waals surface area contributed by atoms with Crippen LogP contribution in [-0.4, -0.2) is 34.3 Å². The molecule has 0 bridgehead atoms. The Morgan fingerprint density at radius 3 is 2.57 bits per heavy atom. The highest BCUT2D eigenvalue weighted by Gasteiger charge is 2.21. The first kappa shape index (κ1) is 15.3. The van der Waals surface area contributed by atoms with Crippen LogP contribution in [0.2, 0.25) is 0 Å². The van der Waals surface area contributed by atoms with E-state index in [0.29, 0.717) is 0 Å². The lowest BCUT2D eigenvalue weighted by atomic mass is 10.1. The van der Waals surface area contributed by atoms with E-state index in [0.717, 1.165) is 4.31 Å². The van der Waals surface area contributed by atoms with E-state index in [1.165, 1.54) is 44.2 Å². The Labute approximate surface area is 123 Å². The maximum Gasteiger partial charge on any atom is 0.293 e. The number of aromatic hydroxyl groups is 1. The largest absolute Gasteiger partial charge is 0.506 e. The van der Waals surface area contributed by atoms with Crippen LogP contribution < -0.4 is 14.6 Å². The van der Waals surface area contributed by atoms with Crippen LogP contribution in [-0.2, 0) is 18.0 Å². The van der Waals surface area contributed by atoms with Gasteiger partial charge in [-0.15, -0.1) is 0 Å². The van der Waals surface area contributed by atoms with E-state index < -0.39 is 28.1 Å². The number of hydrogen-bond acceptors (Lipinski definition) is 4. The first-order valence-corrected chi connectivity index (χ1v) is 7.47. The van der Waals surface area contributed by atoms with Gasteiger partial charge in [0.1, 0.15) is 22.4 Å². The fourth-order valence-corrected chi connectivity index (χ4v) is 2.52. The quantitative estimate of drug-likeness (QED) is 0.921. The Hall–Kier alpha value is -2.09. The molecule has 1 N–H and O–H groups in total. The molecule has 0 aliphatic heterocycles. The monoisotopic (exact) mass is 314 g/mol. The number of halogens is 1. The van der Waals surface area contributed by atoms with Crippen molar-refractivity contribution in [2.24, 2.45) is 7.05 Å². The van der Waals surface area contributed by atoms with Gasteiger partial charge in [0.05, 0.1) is 12.6 Å². The van der Waals surface area contributed by atoms with Crippen LogP contribution in [0.3, 0.4) is 0 Å². The number of rotatable bonds is 3. The topological polar surface area (TPSA) is 71.8 Å². The summed E-state index contributed by atoms with van der Waals surface area (Å²) in [6, 6.07) is 2.53. The fourth-order valence-electron chi connectivity index (χ4n) is 2.08. The summed E-state index contributed by atoms with van der Waals surface area (Å²) in [6.45, 7) is 0. The number of hydrogen-bond donors (Lipinski definition) is 1. The maximum absolute atomic E-state index is 14.7. The third-order valence-electron chi connectivity index (χ3n) is 3.31. The van der Waals surface area contributed by atoms with Crippen LogP contribution in [0.4, 0.5) is 10.1 Å². The average molecular weight is 314 g/mol. The van der Waals surface area contributed by atoms with Crippen LogP contribution in [0, 0.1) is 5.82 Å². The van der Waals surface area contributed by atoms with Crippen molar-refractivity contribution in [2.45, 2.75) is 0 Å². The van der Waals surface area contributed by atoms with Gasteiger partial charge in [0.25, 0.3) is 5.56 Å². The predicted molar refractivity (Wildman–Crippen MR) is 79.8 cm³/mol. The first-order valence-electron chi connectivity index (χ1n) is 5.96. The van der Waals surface area contributed by atoms with Crippen LogP contribution >= 0.6 is 0 Å². The molecule has 2 rings (SSSR count). The highest BCUT2D eigenvalue weighted by molar-refractivity contribution is 7.85. The summed E-state index contributed by atoms with van der Waals surface area (Å²) in [5.41, 5.74) is -0.414. The molecule has 8 heteroatoms. The molecular formula is C13H15FN2O4S. The zero-order chi connectivity index (χ0) is 15.9. The maximum atomic E-state index is 14.7. The van der Waals surface area contributed by atoms with Gasteiger partial charge in [0.15, 0.2) is 11.6 Å². The fraction of sp³-hybridized carbons (Fsp3) is 0.308. The van der Waals surface area contributed by atoms with Gasteiger partial charge in [-0.25, -0.2) is 8.60 Å². The number of ether oxygens (including phenoxy) is 1. The lowest BCUT2D eigenvalue weighted by Gasteiger charge is -2.19. The second-order valence-corrected chi connectivity index (χ2v) is 5.88. The van der Waals surface area contributed by atoms with Gasteiger partial charge in [-0.3, -0.25) is 9.10 Å². The number of anilines is 1. The number of pyridine rings is 1. The van der Waals surface area contributed by atoms with Gasteiger partial charge >= 0.3 is 0 Å². The number of aryl methyl sites for hydroxylation is 1. The van der Waals surface area contributed by atoms with Crippen molar-refractivity contribution in [1.82, 2.24) is 4.57 Å². The molecule has 0 radical (unpaired) electrons. The molecule has 0 spiro atoms. The second-order valence-electron chi connectivity index (χ2n) is 4.49. The van der Waals surface area contributed by atoms with Crippen molar-refractivity contribution in [3.05, 3.63) is 28.3 Å². The van der Waals surface area contributed by atoms with Gasteiger partial charge in [0.2, 0.25) is 0 Å². The molecule has 114 valence electrons. The number of nitrogens with zero attached hydrogens (tertiary/aromatic N) is 2. The molecule has 21 heavy (non-hydrogen) atoms. The molecule has 0 saturated heterocycles. The average Bonchev–Trinajstić information content (AvgIpc) is 2.43. The standard InChI is InChI=1S/C13H15FN2O4S/c1-15-8-6-9(17)12(16(2)21(4)19)11(14)7(8)5-10(20-3)13(15)18/h5-6,17H,1-4H3. The minimum atomic E-state index is -1.51. The molecule has 6 nitrogen and oxygen atoms in total. The van der Waals surface area contributed by atoms with Gasteiger partial charge in [-0.2, -0.15) is 0 Å². The Balaban J connectivity index is 2.92. The molecule has 1 heterocycles. The molecule has 0 aliphatic rings. The third-order valence-corrected chi connectivity index (χ3v) is 4.26. The molecule has 0 fully saturated rings. The minimum absolute atomic E-state index is 0.0131. The van der Waals surface area contributed by atoms with Crippen molar-refractivity contribution in [2.75, 3.05) is 24.7 Å². The number of aromatic nitrogens is 1. The lowest BCUT2D eigenvalue weighted by Crippen LogP contribution is -2.22. The predicted octanol–water partition coefficient (Wildman–Crippen LogP) is 1.12. The van der Waals surface area contributed by atoms with Crippen LogP contribution in [0.15, 0.2) is 16.9 Å². The van der Waals surface area contributed by atoms with E-state index in [2.05, 4.69) is 0 Å². The first-order chi connectivity index (χ1) is 9.79. The van der Waals surface area contributed by atoms with E-state index in [4.69, 9.17) is 4.74 Å². The molecule has 0 aliphatic carbocycles. The number of benzene rings is 1. The van der Waals surface area contributed by atoms with Crippen molar-refractivity contribution in [1.29, 1.82) is 0 Å². The summed E-state index contributed by atoms with van der Waals surface area (Å²) >= 11 is 0. The van der Waals surface area contributed by atoms with Crippen LogP contribution in [0.1, 0.15) is 0 Å². The third kappa shape index (κ3) is 2.35. The second kappa shape index (κ2) is 5.36. The number of phenolic OH excluding ortho intramolecular Hbond substituents is 1. The van der Waals surface area contributed by atoms with Gasteiger partial charge in [-0.1, -0.05) is 0 Å². The molecule has 0 saturated carbocycles.